The highest BCUT2D eigenvalue weighted by atomic mass is 35.5. The molecule has 0 atom stereocenters. The number of hydrogen-bond donors (Lipinski definition) is 0. The standard InChI is InChI=1S/C29H26ClNO4S/c1-18-5-4-6-19(11-18)12-21(32)15-22(36)13-20-7-8-27(24(30)14-20)35-26-9-10-31-25-17-29(34-3)28(33-2)16-23(25)26/h4-11,14,16-17H,12-13,15H2,1-3H3. The van der Waals surface area contributed by atoms with E-state index in [1.165, 1.54) is 0 Å². The van der Waals surface area contributed by atoms with Crippen LogP contribution in [0.1, 0.15) is 23.1 Å². The Morgan fingerprint density at radius 1 is 0.889 bits per heavy atom. The molecular weight excluding hydrogens is 494 g/mol. The fourth-order valence-electron chi connectivity index (χ4n) is 4.01. The molecule has 1 heterocycles. The highest BCUT2D eigenvalue weighted by Crippen LogP contribution is 2.38. The first-order chi connectivity index (χ1) is 17.4. The molecule has 0 saturated heterocycles. The van der Waals surface area contributed by atoms with Gasteiger partial charge in [-0.3, -0.25) is 9.78 Å². The summed E-state index contributed by atoms with van der Waals surface area (Å²) in [6.45, 7) is 2.01. The first-order valence-electron chi connectivity index (χ1n) is 11.4. The van der Waals surface area contributed by atoms with Crippen molar-refractivity contribution in [1.82, 2.24) is 4.98 Å². The minimum absolute atomic E-state index is 0.105. The van der Waals surface area contributed by atoms with Crippen molar-refractivity contribution in [3.63, 3.8) is 0 Å². The lowest BCUT2D eigenvalue weighted by Gasteiger charge is -2.13. The second kappa shape index (κ2) is 11.5. The highest BCUT2D eigenvalue weighted by Gasteiger charge is 2.14. The number of pyridine rings is 1. The topological polar surface area (TPSA) is 57.7 Å². The van der Waals surface area contributed by atoms with Crippen molar-refractivity contribution in [3.05, 3.63) is 88.6 Å². The summed E-state index contributed by atoms with van der Waals surface area (Å²) >= 11 is 12.1. The molecule has 4 rings (SSSR count). The first-order valence-corrected chi connectivity index (χ1v) is 12.2. The summed E-state index contributed by atoms with van der Waals surface area (Å²) in [5, 5.41) is 1.22. The molecule has 0 bridgehead atoms. The SMILES string of the molecule is COc1cc2nccc(Oc3ccc(CC(=S)CC(=O)Cc4cccc(C)c4)cc3Cl)c2cc1OC. The molecule has 1 aromatic heterocycles. The monoisotopic (exact) mass is 519 g/mol. The van der Waals surface area contributed by atoms with Gasteiger partial charge in [0.1, 0.15) is 17.3 Å². The van der Waals surface area contributed by atoms with Gasteiger partial charge in [-0.25, -0.2) is 0 Å². The molecule has 184 valence electrons. The van der Waals surface area contributed by atoms with Crippen molar-refractivity contribution in [1.29, 1.82) is 0 Å². The van der Waals surface area contributed by atoms with Crippen LogP contribution in [0.2, 0.25) is 5.02 Å². The van der Waals surface area contributed by atoms with Crippen LogP contribution in [-0.4, -0.2) is 29.9 Å². The highest BCUT2D eigenvalue weighted by molar-refractivity contribution is 7.80. The normalized spacial score (nSPS) is 10.8. The molecule has 0 spiro atoms. The van der Waals surface area contributed by atoms with E-state index in [-0.39, 0.29) is 12.2 Å². The molecular formula is C29H26ClNO4S. The van der Waals surface area contributed by atoms with Gasteiger partial charge in [0.2, 0.25) is 0 Å². The lowest BCUT2D eigenvalue weighted by Crippen LogP contribution is -2.11. The number of fused-ring (bicyclic) bond motifs is 1. The zero-order valence-corrected chi connectivity index (χ0v) is 21.9. The Kier molecular flexibility index (Phi) is 8.18. The third-order valence-electron chi connectivity index (χ3n) is 5.70. The van der Waals surface area contributed by atoms with E-state index in [1.54, 1.807) is 32.5 Å². The van der Waals surface area contributed by atoms with E-state index in [2.05, 4.69) is 4.98 Å². The minimum atomic E-state index is 0.105. The summed E-state index contributed by atoms with van der Waals surface area (Å²) in [5.74, 6) is 2.37. The zero-order valence-electron chi connectivity index (χ0n) is 20.3. The number of thiocarbonyl (C=S) groups is 1. The van der Waals surface area contributed by atoms with Crippen molar-refractivity contribution in [2.24, 2.45) is 0 Å². The molecule has 0 N–H and O–H groups in total. The van der Waals surface area contributed by atoms with Crippen LogP contribution >= 0.6 is 23.8 Å². The Balaban J connectivity index is 1.44. The average Bonchev–Trinajstić information content (AvgIpc) is 2.84. The van der Waals surface area contributed by atoms with Gasteiger partial charge in [0.05, 0.1) is 24.8 Å². The largest absolute Gasteiger partial charge is 0.493 e. The summed E-state index contributed by atoms with van der Waals surface area (Å²) in [6, 6.07) is 18.9. The molecule has 36 heavy (non-hydrogen) atoms. The smallest absolute Gasteiger partial charge is 0.162 e. The van der Waals surface area contributed by atoms with E-state index in [1.807, 2.05) is 55.5 Å². The Morgan fingerprint density at radius 2 is 1.64 bits per heavy atom. The number of hydrogen-bond acceptors (Lipinski definition) is 6. The number of halogens is 1. The number of rotatable bonds is 10. The Labute approximate surface area is 221 Å². The van der Waals surface area contributed by atoms with Gasteiger partial charge in [0.15, 0.2) is 11.5 Å². The second-order valence-corrected chi connectivity index (χ2v) is 9.48. The van der Waals surface area contributed by atoms with E-state index < -0.39 is 0 Å². The number of methoxy groups -OCH3 is 2. The molecule has 0 unspecified atom stereocenters. The van der Waals surface area contributed by atoms with Crippen molar-refractivity contribution in [2.45, 2.75) is 26.2 Å². The van der Waals surface area contributed by atoms with E-state index in [0.29, 0.717) is 51.2 Å². The summed E-state index contributed by atoms with van der Waals surface area (Å²) in [4.78, 5) is 17.6. The number of nitrogens with zero attached hydrogens (tertiary/aromatic N) is 1. The fraction of sp³-hybridized carbons (Fsp3) is 0.207. The lowest BCUT2D eigenvalue weighted by atomic mass is 10.0. The molecule has 7 heteroatoms. The van der Waals surface area contributed by atoms with Crippen LogP contribution < -0.4 is 14.2 Å². The maximum atomic E-state index is 12.5. The summed E-state index contributed by atoms with van der Waals surface area (Å²) < 4.78 is 16.9. The number of carbonyl (C=O) groups is 1. The second-order valence-electron chi connectivity index (χ2n) is 8.50. The molecule has 0 aliphatic heterocycles. The van der Waals surface area contributed by atoms with Crippen LogP contribution in [-0.2, 0) is 17.6 Å². The van der Waals surface area contributed by atoms with Gasteiger partial charge in [0.25, 0.3) is 0 Å². The molecule has 0 aliphatic rings. The molecule has 4 aromatic rings. The maximum absolute atomic E-state index is 12.5. The minimum Gasteiger partial charge on any atom is -0.493 e. The predicted molar refractivity (Wildman–Crippen MR) is 147 cm³/mol. The Hall–Kier alpha value is -3.48. The third kappa shape index (κ3) is 6.20. The van der Waals surface area contributed by atoms with Crippen LogP contribution in [0.25, 0.3) is 10.9 Å². The Bertz CT molecular complexity index is 1440. The molecule has 0 saturated carbocycles. The predicted octanol–water partition coefficient (Wildman–Crippen LogP) is 7.12. The zero-order chi connectivity index (χ0) is 25.7. The van der Waals surface area contributed by atoms with Gasteiger partial charge in [-0.1, -0.05) is 59.7 Å². The fourth-order valence-corrected chi connectivity index (χ4v) is 4.58. The lowest BCUT2D eigenvalue weighted by molar-refractivity contribution is -0.117. The number of aryl methyl sites for hydroxylation is 1. The number of benzene rings is 3. The van der Waals surface area contributed by atoms with Crippen LogP contribution in [0, 0.1) is 6.92 Å². The van der Waals surface area contributed by atoms with Crippen molar-refractivity contribution < 1.29 is 19.0 Å². The van der Waals surface area contributed by atoms with E-state index in [9.17, 15) is 4.79 Å². The number of ketones is 1. The van der Waals surface area contributed by atoms with E-state index in [4.69, 9.17) is 38.0 Å². The number of Topliss-reactive ketones (excluding diaryl/α,β-unsaturated/α-hetero) is 1. The first kappa shape index (κ1) is 25.6. The van der Waals surface area contributed by atoms with Crippen LogP contribution in [0.15, 0.2) is 66.9 Å². The van der Waals surface area contributed by atoms with E-state index >= 15 is 0 Å². The maximum Gasteiger partial charge on any atom is 0.162 e. The average molecular weight is 520 g/mol. The van der Waals surface area contributed by atoms with Crippen LogP contribution in [0.5, 0.6) is 23.0 Å². The van der Waals surface area contributed by atoms with Crippen LogP contribution in [0.3, 0.4) is 0 Å². The number of carbonyl (C=O) groups excluding carboxylic acids is 1. The van der Waals surface area contributed by atoms with Crippen molar-refractivity contribution >= 4 is 45.4 Å². The third-order valence-corrected chi connectivity index (χ3v) is 6.29. The molecule has 3 aromatic carbocycles. The molecule has 0 aliphatic carbocycles. The molecule has 0 fully saturated rings. The van der Waals surface area contributed by atoms with E-state index in [0.717, 1.165) is 22.1 Å². The van der Waals surface area contributed by atoms with Gasteiger partial charge >= 0.3 is 0 Å². The number of ether oxygens (including phenoxy) is 3. The van der Waals surface area contributed by atoms with Gasteiger partial charge in [-0.05, 0) is 42.3 Å². The summed E-state index contributed by atoms with van der Waals surface area (Å²) in [5.41, 5.74) is 3.77. The Morgan fingerprint density at radius 3 is 2.36 bits per heavy atom. The number of aromatic nitrogens is 1. The van der Waals surface area contributed by atoms with Crippen LogP contribution in [0.4, 0.5) is 0 Å². The molecule has 0 amide bonds. The van der Waals surface area contributed by atoms with Crippen molar-refractivity contribution in [2.75, 3.05) is 14.2 Å². The molecule has 5 nitrogen and oxygen atoms in total. The molecule has 0 radical (unpaired) electrons. The quantitative estimate of drug-likeness (QED) is 0.208. The van der Waals surface area contributed by atoms with Gasteiger partial charge in [0, 0.05) is 41.8 Å². The van der Waals surface area contributed by atoms with Gasteiger partial charge in [-0.2, -0.15) is 0 Å². The van der Waals surface area contributed by atoms with Gasteiger partial charge in [-0.15, -0.1) is 0 Å². The van der Waals surface area contributed by atoms with Crippen molar-refractivity contribution in [3.8, 4) is 23.0 Å². The summed E-state index contributed by atoms with van der Waals surface area (Å²) in [7, 11) is 3.16. The van der Waals surface area contributed by atoms with Gasteiger partial charge < -0.3 is 14.2 Å². The summed E-state index contributed by atoms with van der Waals surface area (Å²) in [6.07, 6.45) is 2.79.